The van der Waals surface area contributed by atoms with Crippen LogP contribution in [0.4, 0.5) is 0 Å². The van der Waals surface area contributed by atoms with E-state index in [9.17, 15) is 4.79 Å². The highest BCUT2D eigenvalue weighted by atomic mass is 16.5. The van der Waals surface area contributed by atoms with Gasteiger partial charge in [-0.2, -0.15) is 0 Å². The molecule has 0 aromatic heterocycles. The third kappa shape index (κ3) is 4.58. The number of rotatable bonds is 4. The highest BCUT2D eigenvalue weighted by Gasteiger charge is 2.25. The Kier molecular flexibility index (Phi) is 5.08. The number of nitrogens with two attached hydrogens (primary N) is 1. The number of carbonyl (C=O) groups is 1. The van der Waals surface area contributed by atoms with Gasteiger partial charge in [-0.1, -0.05) is 20.8 Å². The Hall–Kier alpha value is -0.610. The summed E-state index contributed by atoms with van der Waals surface area (Å²) in [5, 5.41) is 0. The van der Waals surface area contributed by atoms with Crippen molar-refractivity contribution in [1.82, 2.24) is 4.90 Å². The van der Waals surface area contributed by atoms with E-state index in [0.717, 1.165) is 6.54 Å². The number of hydrogen-bond donors (Lipinski definition) is 1. The molecule has 4 heteroatoms. The first-order valence-corrected chi connectivity index (χ1v) is 4.80. The topological polar surface area (TPSA) is 55.6 Å². The first-order valence-electron chi connectivity index (χ1n) is 4.80. The molecule has 0 radical (unpaired) electrons. The summed E-state index contributed by atoms with van der Waals surface area (Å²) in [5.41, 5.74) is 5.68. The van der Waals surface area contributed by atoms with Gasteiger partial charge in [-0.05, 0) is 12.5 Å². The lowest BCUT2D eigenvalue weighted by atomic mass is 9.95. The largest absolute Gasteiger partial charge is 0.468 e. The standard InChI is InChI=1S/C10H22N2O2/c1-10(2,3)7-12(4)8(6-11)9(13)14-5/h8H,6-7,11H2,1-5H3. The maximum Gasteiger partial charge on any atom is 0.324 e. The highest BCUT2D eigenvalue weighted by Crippen LogP contribution is 2.15. The van der Waals surface area contributed by atoms with E-state index in [1.165, 1.54) is 7.11 Å². The van der Waals surface area contributed by atoms with Crippen molar-refractivity contribution >= 4 is 5.97 Å². The van der Waals surface area contributed by atoms with Crippen LogP contribution in [0.2, 0.25) is 0 Å². The van der Waals surface area contributed by atoms with Gasteiger partial charge >= 0.3 is 5.97 Å². The molecule has 0 aliphatic rings. The van der Waals surface area contributed by atoms with Crippen LogP contribution in [0.25, 0.3) is 0 Å². The van der Waals surface area contributed by atoms with E-state index in [-0.39, 0.29) is 17.4 Å². The van der Waals surface area contributed by atoms with Crippen LogP contribution in [0, 0.1) is 5.41 Å². The number of carbonyl (C=O) groups excluding carboxylic acids is 1. The zero-order valence-electron chi connectivity index (χ0n) is 9.83. The quantitative estimate of drug-likeness (QED) is 0.673. The molecular weight excluding hydrogens is 180 g/mol. The minimum absolute atomic E-state index is 0.149. The first kappa shape index (κ1) is 13.4. The molecule has 4 nitrogen and oxygen atoms in total. The number of nitrogens with zero attached hydrogens (tertiary/aromatic N) is 1. The Morgan fingerprint density at radius 1 is 1.50 bits per heavy atom. The zero-order chi connectivity index (χ0) is 11.4. The van der Waals surface area contributed by atoms with E-state index in [1.807, 2.05) is 11.9 Å². The lowest BCUT2D eigenvalue weighted by Crippen LogP contribution is -2.47. The molecule has 0 aliphatic carbocycles. The van der Waals surface area contributed by atoms with Gasteiger partial charge < -0.3 is 10.5 Å². The molecule has 1 atom stereocenters. The molecule has 0 bridgehead atoms. The van der Waals surface area contributed by atoms with Crippen molar-refractivity contribution < 1.29 is 9.53 Å². The summed E-state index contributed by atoms with van der Waals surface area (Å²) in [7, 11) is 3.27. The summed E-state index contributed by atoms with van der Waals surface area (Å²) in [6.45, 7) is 7.46. The molecule has 0 aliphatic heterocycles. The molecule has 2 N–H and O–H groups in total. The van der Waals surface area contributed by atoms with E-state index >= 15 is 0 Å². The molecule has 14 heavy (non-hydrogen) atoms. The van der Waals surface area contributed by atoms with Crippen molar-refractivity contribution in [2.75, 3.05) is 27.2 Å². The predicted molar refractivity (Wildman–Crippen MR) is 56.9 cm³/mol. The van der Waals surface area contributed by atoms with Crippen LogP contribution in [0.5, 0.6) is 0 Å². The van der Waals surface area contributed by atoms with E-state index in [2.05, 4.69) is 25.5 Å². The third-order valence-electron chi connectivity index (χ3n) is 1.95. The normalized spacial score (nSPS) is 14.2. The van der Waals surface area contributed by atoms with E-state index in [0.29, 0.717) is 6.54 Å². The molecule has 0 saturated carbocycles. The van der Waals surface area contributed by atoms with Crippen LogP contribution in [0.3, 0.4) is 0 Å². The number of hydrogen-bond acceptors (Lipinski definition) is 4. The predicted octanol–water partition coefficient (Wildman–Crippen LogP) is 0.465. The lowest BCUT2D eigenvalue weighted by molar-refractivity contribution is -0.146. The smallest absolute Gasteiger partial charge is 0.324 e. The maximum absolute atomic E-state index is 11.3. The maximum atomic E-state index is 11.3. The van der Waals surface area contributed by atoms with Gasteiger partial charge in [0.05, 0.1) is 7.11 Å². The molecule has 1 unspecified atom stereocenters. The fourth-order valence-corrected chi connectivity index (χ4v) is 1.45. The Morgan fingerprint density at radius 3 is 2.29 bits per heavy atom. The number of methoxy groups -OCH3 is 1. The van der Waals surface area contributed by atoms with Gasteiger partial charge in [-0.15, -0.1) is 0 Å². The molecule has 0 fully saturated rings. The van der Waals surface area contributed by atoms with E-state index in [4.69, 9.17) is 5.73 Å². The van der Waals surface area contributed by atoms with Gasteiger partial charge in [-0.25, -0.2) is 0 Å². The van der Waals surface area contributed by atoms with Gasteiger partial charge in [0.25, 0.3) is 0 Å². The SMILES string of the molecule is COC(=O)C(CN)N(C)CC(C)(C)C. The van der Waals surface area contributed by atoms with Gasteiger partial charge in [0, 0.05) is 13.1 Å². The van der Waals surface area contributed by atoms with Crippen LogP contribution in [-0.4, -0.2) is 44.2 Å². The summed E-state index contributed by atoms with van der Waals surface area (Å²) < 4.78 is 4.68. The van der Waals surface area contributed by atoms with E-state index in [1.54, 1.807) is 0 Å². The van der Waals surface area contributed by atoms with Crippen LogP contribution < -0.4 is 5.73 Å². The Morgan fingerprint density at radius 2 is 2.00 bits per heavy atom. The molecule has 0 aromatic carbocycles. The minimum atomic E-state index is -0.334. The number of likely N-dealkylation sites (N-methyl/N-ethyl adjacent to an activating group) is 1. The summed E-state index contributed by atoms with van der Waals surface area (Å²) in [6.07, 6.45) is 0. The zero-order valence-corrected chi connectivity index (χ0v) is 9.83. The second-order valence-corrected chi connectivity index (χ2v) is 4.75. The van der Waals surface area contributed by atoms with Crippen molar-refractivity contribution in [3.8, 4) is 0 Å². The van der Waals surface area contributed by atoms with Gasteiger partial charge in [0.15, 0.2) is 0 Å². The molecule has 0 amide bonds. The van der Waals surface area contributed by atoms with Crippen LogP contribution >= 0.6 is 0 Å². The Bertz CT molecular complexity index is 187. The summed E-state index contributed by atoms with van der Waals surface area (Å²) in [4.78, 5) is 13.3. The minimum Gasteiger partial charge on any atom is -0.468 e. The van der Waals surface area contributed by atoms with Gasteiger partial charge in [-0.3, -0.25) is 9.69 Å². The Balaban J connectivity index is 4.32. The van der Waals surface area contributed by atoms with Gasteiger partial charge in [0.2, 0.25) is 0 Å². The second-order valence-electron chi connectivity index (χ2n) is 4.75. The lowest BCUT2D eigenvalue weighted by Gasteiger charge is -2.30. The first-order chi connectivity index (χ1) is 6.31. The van der Waals surface area contributed by atoms with Crippen LogP contribution in [0.15, 0.2) is 0 Å². The molecule has 0 heterocycles. The summed E-state index contributed by atoms with van der Waals surface area (Å²) in [6, 6.07) is -0.334. The van der Waals surface area contributed by atoms with Crippen molar-refractivity contribution in [2.45, 2.75) is 26.8 Å². The number of ether oxygens (including phenoxy) is 1. The van der Waals surface area contributed by atoms with Gasteiger partial charge in [0.1, 0.15) is 6.04 Å². The molecule has 0 aromatic rings. The summed E-state index contributed by atoms with van der Waals surface area (Å²) >= 11 is 0. The fourth-order valence-electron chi connectivity index (χ4n) is 1.45. The van der Waals surface area contributed by atoms with Crippen LogP contribution in [-0.2, 0) is 9.53 Å². The van der Waals surface area contributed by atoms with Crippen molar-refractivity contribution in [2.24, 2.45) is 11.1 Å². The molecular formula is C10H22N2O2. The second kappa shape index (κ2) is 5.32. The molecule has 0 saturated heterocycles. The monoisotopic (exact) mass is 202 g/mol. The third-order valence-corrected chi connectivity index (χ3v) is 1.95. The molecule has 84 valence electrons. The fraction of sp³-hybridized carbons (Fsp3) is 0.900. The summed E-state index contributed by atoms with van der Waals surface area (Å²) in [5.74, 6) is -0.265. The molecule has 0 spiro atoms. The average molecular weight is 202 g/mol. The average Bonchev–Trinajstić information content (AvgIpc) is 2.01. The number of esters is 1. The van der Waals surface area contributed by atoms with E-state index < -0.39 is 0 Å². The van der Waals surface area contributed by atoms with Crippen molar-refractivity contribution in [3.05, 3.63) is 0 Å². The van der Waals surface area contributed by atoms with Crippen LogP contribution in [0.1, 0.15) is 20.8 Å². The highest BCUT2D eigenvalue weighted by molar-refractivity contribution is 5.75. The molecule has 0 rings (SSSR count). The van der Waals surface area contributed by atoms with Crippen molar-refractivity contribution in [3.63, 3.8) is 0 Å². The Labute approximate surface area is 86.4 Å². The van der Waals surface area contributed by atoms with Crippen molar-refractivity contribution in [1.29, 1.82) is 0 Å².